The standard InChI is InChI=1S/C18H24ClNO5/c1-5-11-6-7-15(13(19)8-11)24-12-9-14(16(21)22)20(10-12)17(23)25-18(2,3)4/h6-8,12,14H,5,9-10H2,1-4H3,(H,21,22). The molecule has 0 aliphatic carbocycles. The van der Waals surface area contributed by atoms with Crippen LogP contribution in [0.4, 0.5) is 4.79 Å². The summed E-state index contributed by atoms with van der Waals surface area (Å²) in [6.45, 7) is 7.37. The summed E-state index contributed by atoms with van der Waals surface area (Å²) in [6.07, 6.45) is -0.0748. The maximum Gasteiger partial charge on any atom is 0.411 e. The molecule has 0 saturated carbocycles. The Morgan fingerprint density at radius 2 is 2.04 bits per heavy atom. The molecule has 1 heterocycles. The van der Waals surface area contributed by atoms with Crippen molar-refractivity contribution < 1.29 is 24.2 Å². The third-order valence-corrected chi connectivity index (χ3v) is 4.17. The van der Waals surface area contributed by atoms with E-state index in [0.29, 0.717) is 10.8 Å². The number of rotatable bonds is 4. The maximum absolute atomic E-state index is 12.3. The van der Waals surface area contributed by atoms with E-state index in [4.69, 9.17) is 21.1 Å². The van der Waals surface area contributed by atoms with Crippen molar-refractivity contribution in [2.75, 3.05) is 6.54 Å². The zero-order chi connectivity index (χ0) is 18.8. The maximum atomic E-state index is 12.3. The fraction of sp³-hybridized carbons (Fsp3) is 0.556. The monoisotopic (exact) mass is 369 g/mol. The fourth-order valence-electron chi connectivity index (χ4n) is 2.68. The Balaban J connectivity index is 2.11. The van der Waals surface area contributed by atoms with Crippen LogP contribution in [0, 0.1) is 0 Å². The van der Waals surface area contributed by atoms with Crippen molar-refractivity contribution in [3.63, 3.8) is 0 Å². The Kier molecular flexibility index (Phi) is 5.83. The number of ether oxygens (including phenoxy) is 2. The predicted octanol–water partition coefficient (Wildman–Crippen LogP) is 3.74. The molecule has 1 fully saturated rings. The lowest BCUT2D eigenvalue weighted by Gasteiger charge is -2.26. The number of carbonyl (C=O) groups excluding carboxylic acids is 1. The average Bonchev–Trinajstić information content (AvgIpc) is 2.92. The van der Waals surface area contributed by atoms with Gasteiger partial charge in [-0.25, -0.2) is 9.59 Å². The lowest BCUT2D eigenvalue weighted by atomic mass is 10.1. The number of carboxylic acid groups (broad SMARTS) is 1. The molecule has 1 aromatic carbocycles. The largest absolute Gasteiger partial charge is 0.487 e. The number of carboxylic acids is 1. The van der Waals surface area contributed by atoms with Crippen LogP contribution in [0.2, 0.25) is 5.02 Å². The summed E-state index contributed by atoms with van der Waals surface area (Å²) >= 11 is 6.23. The highest BCUT2D eigenvalue weighted by Gasteiger charge is 2.42. The second-order valence-electron chi connectivity index (χ2n) is 7.08. The van der Waals surface area contributed by atoms with Crippen molar-refractivity contribution in [2.24, 2.45) is 0 Å². The van der Waals surface area contributed by atoms with Gasteiger partial charge in [0.05, 0.1) is 11.6 Å². The normalized spacial score (nSPS) is 20.4. The Labute approximate surface area is 152 Å². The molecule has 0 aromatic heterocycles. The van der Waals surface area contributed by atoms with Gasteiger partial charge in [0.15, 0.2) is 0 Å². The van der Waals surface area contributed by atoms with E-state index in [1.165, 1.54) is 4.90 Å². The number of hydrogen-bond acceptors (Lipinski definition) is 4. The second-order valence-corrected chi connectivity index (χ2v) is 7.49. The summed E-state index contributed by atoms with van der Waals surface area (Å²) < 4.78 is 11.1. The molecule has 7 heteroatoms. The van der Waals surface area contributed by atoms with E-state index in [1.54, 1.807) is 26.8 Å². The zero-order valence-electron chi connectivity index (χ0n) is 14.9. The van der Waals surface area contributed by atoms with Gasteiger partial charge in [-0.1, -0.05) is 24.6 Å². The summed E-state index contributed by atoms with van der Waals surface area (Å²) in [5, 5.41) is 9.88. The number of carbonyl (C=O) groups is 2. The smallest absolute Gasteiger partial charge is 0.411 e. The van der Waals surface area contributed by atoms with Crippen LogP contribution in [0.15, 0.2) is 18.2 Å². The first-order valence-corrected chi connectivity index (χ1v) is 8.66. The van der Waals surface area contributed by atoms with E-state index in [1.807, 2.05) is 19.1 Å². The van der Waals surface area contributed by atoms with Gasteiger partial charge < -0.3 is 14.6 Å². The van der Waals surface area contributed by atoms with Crippen molar-refractivity contribution in [2.45, 2.75) is 58.3 Å². The minimum Gasteiger partial charge on any atom is -0.487 e. The van der Waals surface area contributed by atoms with Gasteiger partial charge in [-0.15, -0.1) is 0 Å². The molecular formula is C18H24ClNO5. The summed E-state index contributed by atoms with van der Waals surface area (Å²) in [4.78, 5) is 25.0. The van der Waals surface area contributed by atoms with Crippen LogP contribution >= 0.6 is 11.6 Å². The number of benzene rings is 1. The molecule has 2 rings (SSSR count). The van der Waals surface area contributed by atoms with E-state index in [-0.39, 0.29) is 13.0 Å². The number of amides is 1. The minimum atomic E-state index is -1.08. The summed E-state index contributed by atoms with van der Waals surface area (Å²) in [6, 6.07) is 4.53. The van der Waals surface area contributed by atoms with Crippen LogP contribution in [-0.4, -0.2) is 46.4 Å². The van der Waals surface area contributed by atoms with Gasteiger partial charge in [-0.2, -0.15) is 0 Å². The molecule has 1 N–H and O–H groups in total. The van der Waals surface area contributed by atoms with Gasteiger partial charge in [0, 0.05) is 6.42 Å². The number of halogens is 1. The number of aryl methyl sites for hydroxylation is 1. The van der Waals surface area contributed by atoms with Crippen molar-refractivity contribution in [1.29, 1.82) is 0 Å². The van der Waals surface area contributed by atoms with E-state index in [0.717, 1.165) is 12.0 Å². The molecular weight excluding hydrogens is 346 g/mol. The molecule has 1 amide bonds. The van der Waals surface area contributed by atoms with Gasteiger partial charge in [0.2, 0.25) is 0 Å². The quantitative estimate of drug-likeness (QED) is 0.874. The fourth-order valence-corrected chi connectivity index (χ4v) is 2.93. The van der Waals surface area contributed by atoms with Gasteiger partial charge in [-0.3, -0.25) is 4.90 Å². The molecule has 1 aliphatic rings. The Morgan fingerprint density at radius 3 is 2.56 bits per heavy atom. The molecule has 138 valence electrons. The van der Waals surface area contributed by atoms with E-state index in [9.17, 15) is 14.7 Å². The SMILES string of the molecule is CCc1ccc(OC2CC(C(=O)O)N(C(=O)OC(C)(C)C)C2)c(Cl)c1. The van der Waals surface area contributed by atoms with Crippen molar-refractivity contribution in [3.05, 3.63) is 28.8 Å². The highest BCUT2D eigenvalue weighted by atomic mass is 35.5. The lowest BCUT2D eigenvalue weighted by Crippen LogP contribution is -2.43. The van der Waals surface area contributed by atoms with Crippen molar-refractivity contribution >= 4 is 23.7 Å². The number of hydrogen-bond donors (Lipinski definition) is 1. The summed E-state index contributed by atoms with van der Waals surface area (Å²) in [5.41, 5.74) is 0.390. The van der Waals surface area contributed by atoms with Crippen molar-refractivity contribution in [1.82, 2.24) is 4.90 Å². The number of likely N-dealkylation sites (tertiary alicyclic amines) is 1. The minimum absolute atomic E-state index is 0.137. The molecule has 1 aromatic rings. The highest BCUT2D eigenvalue weighted by Crippen LogP contribution is 2.30. The van der Waals surface area contributed by atoms with E-state index < -0.39 is 29.8 Å². The Bertz CT molecular complexity index is 655. The van der Waals surface area contributed by atoms with Crippen molar-refractivity contribution in [3.8, 4) is 5.75 Å². The first-order valence-electron chi connectivity index (χ1n) is 8.28. The lowest BCUT2D eigenvalue weighted by molar-refractivity contribution is -0.142. The summed E-state index contributed by atoms with van der Waals surface area (Å²) in [5.74, 6) is -0.594. The topological polar surface area (TPSA) is 76.1 Å². The van der Waals surface area contributed by atoms with Gasteiger partial charge >= 0.3 is 12.1 Å². The van der Waals surface area contributed by atoms with Gasteiger partial charge in [-0.05, 0) is 44.9 Å². The molecule has 2 atom stereocenters. The van der Waals surface area contributed by atoms with Gasteiger partial charge in [0.25, 0.3) is 0 Å². The van der Waals surface area contributed by atoms with Crippen LogP contribution < -0.4 is 4.74 Å². The van der Waals surface area contributed by atoms with E-state index in [2.05, 4.69) is 0 Å². The molecule has 1 saturated heterocycles. The Hall–Kier alpha value is -1.95. The second kappa shape index (κ2) is 7.52. The molecule has 0 bridgehead atoms. The molecule has 25 heavy (non-hydrogen) atoms. The Morgan fingerprint density at radius 1 is 1.36 bits per heavy atom. The van der Waals surface area contributed by atoms with E-state index >= 15 is 0 Å². The number of nitrogens with zero attached hydrogens (tertiary/aromatic N) is 1. The average molecular weight is 370 g/mol. The first kappa shape index (κ1) is 19.4. The first-order chi connectivity index (χ1) is 11.6. The predicted molar refractivity (Wildman–Crippen MR) is 94.2 cm³/mol. The van der Waals surface area contributed by atoms with Gasteiger partial charge in [0.1, 0.15) is 23.5 Å². The molecule has 0 spiro atoms. The molecule has 6 nitrogen and oxygen atoms in total. The molecule has 1 aliphatic heterocycles. The third kappa shape index (κ3) is 5.01. The summed E-state index contributed by atoms with van der Waals surface area (Å²) in [7, 11) is 0. The van der Waals surface area contributed by atoms with Crippen LogP contribution in [0.25, 0.3) is 0 Å². The van der Waals surface area contributed by atoms with Crippen LogP contribution in [0.3, 0.4) is 0 Å². The molecule has 2 unspecified atom stereocenters. The molecule has 0 radical (unpaired) electrons. The van der Waals surface area contributed by atoms with Crippen LogP contribution in [0.1, 0.15) is 39.7 Å². The van der Waals surface area contributed by atoms with Crippen LogP contribution in [-0.2, 0) is 16.0 Å². The highest BCUT2D eigenvalue weighted by molar-refractivity contribution is 6.32. The number of aliphatic carboxylic acids is 1. The third-order valence-electron chi connectivity index (χ3n) is 3.87. The zero-order valence-corrected chi connectivity index (χ0v) is 15.7. The van der Waals surface area contributed by atoms with Crippen LogP contribution in [0.5, 0.6) is 5.75 Å².